The molecular formula is C19H22N4O. The average Bonchev–Trinajstić information content (AvgIpc) is 2.59. The van der Waals surface area contributed by atoms with Gasteiger partial charge in [-0.2, -0.15) is 0 Å². The molecule has 24 heavy (non-hydrogen) atoms. The smallest absolute Gasteiger partial charge is 0.156 e. The van der Waals surface area contributed by atoms with E-state index in [2.05, 4.69) is 52.6 Å². The maximum Gasteiger partial charge on any atom is 0.156 e. The van der Waals surface area contributed by atoms with E-state index in [1.807, 2.05) is 18.3 Å². The van der Waals surface area contributed by atoms with Crippen LogP contribution in [-0.4, -0.2) is 28.2 Å². The van der Waals surface area contributed by atoms with Crippen molar-refractivity contribution in [3.8, 4) is 0 Å². The van der Waals surface area contributed by atoms with Crippen LogP contribution < -0.4 is 10.6 Å². The first-order valence-corrected chi connectivity index (χ1v) is 8.07. The van der Waals surface area contributed by atoms with Crippen molar-refractivity contribution in [3.05, 3.63) is 59.4 Å². The third-order valence-corrected chi connectivity index (χ3v) is 4.13. The van der Waals surface area contributed by atoms with Crippen LogP contribution in [0.25, 0.3) is 10.9 Å². The number of aliphatic hydroxyl groups excluding tert-OH is 1. The second-order valence-corrected chi connectivity index (χ2v) is 5.85. The summed E-state index contributed by atoms with van der Waals surface area (Å²) in [5, 5.41) is 16.5. The molecule has 2 heterocycles. The number of nitrogens with one attached hydrogen (secondary N) is 2. The standard InChI is InChI=1S/C19H22N4O/c1-13-4-3-5-17(14(13)2)23-19-18-16(6-7-21-19)10-15(12-22-18)11-20-8-9-24/h3-7,10,12,20,24H,8-9,11H2,1-2H3,(H,21,23). The van der Waals surface area contributed by atoms with E-state index >= 15 is 0 Å². The fourth-order valence-electron chi connectivity index (χ4n) is 2.62. The summed E-state index contributed by atoms with van der Waals surface area (Å²) < 4.78 is 0. The topological polar surface area (TPSA) is 70.1 Å². The molecule has 0 aliphatic rings. The number of fused-ring (bicyclic) bond motifs is 1. The molecule has 0 aliphatic carbocycles. The van der Waals surface area contributed by atoms with E-state index in [1.54, 1.807) is 6.20 Å². The van der Waals surface area contributed by atoms with E-state index < -0.39 is 0 Å². The molecule has 1 aromatic carbocycles. The fraction of sp³-hybridized carbons (Fsp3) is 0.263. The third kappa shape index (κ3) is 3.53. The van der Waals surface area contributed by atoms with Crippen molar-refractivity contribution in [2.24, 2.45) is 0 Å². The van der Waals surface area contributed by atoms with Crippen molar-refractivity contribution in [1.29, 1.82) is 0 Å². The minimum Gasteiger partial charge on any atom is -0.395 e. The normalized spacial score (nSPS) is 11.0. The molecule has 124 valence electrons. The molecule has 3 rings (SSSR count). The van der Waals surface area contributed by atoms with Crippen molar-refractivity contribution in [3.63, 3.8) is 0 Å². The van der Waals surface area contributed by atoms with Gasteiger partial charge in [0.1, 0.15) is 5.52 Å². The number of anilines is 2. The molecule has 0 saturated carbocycles. The van der Waals surface area contributed by atoms with Crippen LogP contribution in [0.1, 0.15) is 16.7 Å². The van der Waals surface area contributed by atoms with Crippen molar-refractivity contribution in [1.82, 2.24) is 15.3 Å². The van der Waals surface area contributed by atoms with Gasteiger partial charge in [0.05, 0.1) is 6.61 Å². The molecule has 3 N–H and O–H groups in total. The van der Waals surface area contributed by atoms with Crippen LogP contribution in [0.5, 0.6) is 0 Å². The van der Waals surface area contributed by atoms with E-state index in [0.29, 0.717) is 13.1 Å². The van der Waals surface area contributed by atoms with Crippen LogP contribution in [0.15, 0.2) is 42.7 Å². The Balaban J connectivity index is 1.90. The molecule has 5 nitrogen and oxygen atoms in total. The second-order valence-electron chi connectivity index (χ2n) is 5.85. The van der Waals surface area contributed by atoms with Gasteiger partial charge in [0, 0.05) is 36.6 Å². The first-order valence-electron chi connectivity index (χ1n) is 8.07. The SMILES string of the molecule is Cc1cccc(Nc2nccc3cc(CNCCO)cnc23)c1C. The lowest BCUT2D eigenvalue weighted by Crippen LogP contribution is -2.17. The molecule has 0 fully saturated rings. The van der Waals surface area contributed by atoms with E-state index in [-0.39, 0.29) is 6.61 Å². The van der Waals surface area contributed by atoms with Crippen LogP contribution >= 0.6 is 0 Å². The van der Waals surface area contributed by atoms with Gasteiger partial charge in [0.2, 0.25) is 0 Å². The van der Waals surface area contributed by atoms with Crippen molar-refractivity contribution >= 4 is 22.4 Å². The van der Waals surface area contributed by atoms with Gasteiger partial charge in [-0.1, -0.05) is 12.1 Å². The van der Waals surface area contributed by atoms with Gasteiger partial charge in [-0.25, -0.2) is 4.98 Å². The van der Waals surface area contributed by atoms with Gasteiger partial charge < -0.3 is 15.7 Å². The monoisotopic (exact) mass is 322 g/mol. The van der Waals surface area contributed by atoms with Gasteiger partial charge in [-0.05, 0) is 48.7 Å². The van der Waals surface area contributed by atoms with Gasteiger partial charge in [0.25, 0.3) is 0 Å². The summed E-state index contributed by atoms with van der Waals surface area (Å²) in [6.45, 7) is 5.59. The maximum absolute atomic E-state index is 8.84. The highest BCUT2D eigenvalue weighted by Crippen LogP contribution is 2.26. The number of aliphatic hydroxyl groups is 1. The maximum atomic E-state index is 8.84. The van der Waals surface area contributed by atoms with Gasteiger partial charge in [-0.15, -0.1) is 0 Å². The van der Waals surface area contributed by atoms with Crippen LogP contribution in [-0.2, 0) is 6.54 Å². The molecule has 0 spiro atoms. The zero-order valence-corrected chi connectivity index (χ0v) is 14.0. The first-order chi connectivity index (χ1) is 11.7. The molecule has 0 amide bonds. The highest BCUT2D eigenvalue weighted by Gasteiger charge is 2.07. The fourth-order valence-corrected chi connectivity index (χ4v) is 2.62. The van der Waals surface area contributed by atoms with E-state index in [0.717, 1.165) is 28.0 Å². The van der Waals surface area contributed by atoms with Crippen molar-refractivity contribution in [2.75, 3.05) is 18.5 Å². The van der Waals surface area contributed by atoms with Gasteiger partial charge in [0.15, 0.2) is 5.82 Å². The third-order valence-electron chi connectivity index (χ3n) is 4.13. The Morgan fingerprint density at radius 2 is 2.00 bits per heavy atom. The number of pyridine rings is 2. The Kier molecular flexibility index (Phi) is 5.03. The summed E-state index contributed by atoms with van der Waals surface area (Å²) in [5.74, 6) is 0.760. The number of hydrogen-bond acceptors (Lipinski definition) is 5. The largest absolute Gasteiger partial charge is 0.395 e. The second kappa shape index (κ2) is 7.38. The summed E-state index contributed by atoms with van der Waals surface area (Å²) in [6, 6.07) is 10.2. The summed E-state index contributed by atoms with van der Waals surface area (Å²) >= 11 is 0. The average molecular weight is 322 g/mol. The number of aromatic nitrogens is 2. The molecule has 0 unspecified atom stereocenters. The molecule has 0 atom stereocenters. The van der Waals surface area contributed by atoms with Gasteiger partial charge >= 0.3 is 0 Å². The van der Waals surface area contributed by atoms with Crippen LogP contribution in [0, 0.1) is 13.8 Å². The lowest BCUT2D eigenvalue weighted by molar-refractivity contribution is 0.292. The Bertz CT molecular complexity index is 848. The van der Waals surface area contributed by atoms with E-state index in [9.17, 15) is 0 Å². The first kappa shape index (κ1) is 16.4. The quantitative estimate of drug-likeness (QED) is 0.609. The summed E-state index contributed by atoms with van der Waals surface area (Å²) in [6.07, 6.45) is 3.64. The predicted molar refractivity (Wildman–Crippen MR) is 97.5 cm³/mol. The molecule has 5 heteroatoms. The number of nitrogens with zero attached hydrogens (tertiary/aromatic N) is 2. The highest BCUT2D eigenvalue weighted by atomic mass is 16.3. The lowest BCUT2D eigenvalue weighted by atomic mass is 10.1. The van der Waals surface area contributed by atoms with Crippen LogP contribution in [0.3, 0.4) is 0 Å². The minimum absolute atomic E-state index is 0.134. The Labute approximate surface area is 141 Å². The Morgan fingerprint density at radius 3 is 2.83 bits per heavy atom. The van der Waals surface area contributed by atoms with Crippen LogP contribution in [0.4, 0.5) is 11.5 Å². The zero-order valence-electron chi connectivity index (χ0n) is 14.0. The molecule has 0 saturated heterocycles. The number of aryl methyl sites for hydroxylation is 1. The Morgan fingerprint density at radius 1 is 1.12 bits per heavy atom. The predicted octanol–water partition coefficient (Wildman–Crippen LogP) is 3.07. The molecule has 3 aromatic rings. The van der Waals surface area contributed by atoms with Crippen molar-refractivity contribution < 1.29 is 5.11 Å². The molecule has 0 radical (unpaired) electrons. The van der Waals surface area contributed by atoms with Crippen LogP contribution in [0.2, 0.25) is 0 Å². The molecule has 2 aromatic heterocycles. The molecule has 0 bridgehead atoms. The summed E-state index contributed by atoms with van der Waals surface area (Å²) in [7, 11) is 0. The Hall–Kier alpha value is -2.50. The van der Waals surface area contributed by atoms with E-state index in [4.69, 9.17) is 5.11 Å². The number of hydrogen-bond donors (Lipinski definition) is 3. The number of benzene rings is 1. The van der Waals surface area contributed by atoms with Crippen molar-refractivity contribution in [2.45, 2.75) is 20.4 Å². The van der Waals surface area contributed by atoms with E-state index in [1.165, 1.54) is 11.1 Å². The summed E-state index contributed by atoms with van der Waals surface area (Å²) in [4.78, 5) is 9.04. The summed E-state index contributed by atoms with van der Waals surface area (Å²) in [5.41, 5.74) is 5.43. The zero-order chi connectivity index (χ0) is 16.9. The minimum atomic E-state index is 0.134. The number of rotatable bonds is 6. The highest BCUT2D eigenvalue weighted by molar-refractivity contribution is 5.90. The molecule has 0 aliphatic heterocycles. The lowest BCUT2D eigenvalue weighted by Gasteiger charge is -2.12. The molecular weight excluding hydrogens is 300 g/mol. The van der Waals surface area contributed by atoms with Gasteiger partial charge in [-0.3, -0.25) is 4.98 Å².